The average Bonchev–Trinajstić information content (AvgIpc) is 2.89. The van der Waals surface area contributed by atoms with Crippen LogP contribution in [0.1, 0.15) is 53.2 Å². The van der Waals surface area contributed by atoms with Gasteiger partial charge in [0.05, 0.1) is 23.2 Å². The number of ether oxygens (including phenoxy) is 1. The maximum atomic E-state index is 13.5. The van der Waals surface area contributed by atoms with E-state index >= 15 is 0 Å². The smallest absolute Gasteiger partial charge is 0.260 e. The highest BCUT2D eigenvalue weighted by Crippen LogP contribution is 2.32. The number of pyridine rings is 1. The Morgan fingerprint density at radius 1 is 1.13 bits per heavy atom. The summed E-state index contributed by atoms with van der Waals surface area (Å²) in [5.74, 6) is 0.515. The zero-order valence-electron chi connectivity index (χ0n) is 22.9. The van der Waals surface area contributed by atoms with Crippen molar-refractivity contribution >= 4 is 28.6 Å². The van der Waals surface area contributed by atoms with Crippen LogP contribution in [0.4, 0.5) is 5.95 Å². The minimum atomic E-state index is -0.187. The number of hydrogen-bond acceptors (Lipinski definition) is 7. The Morgan fingerprint density at radius 3 is 2.61 bits per heavy atom. The van der Waals surface area contributed by atoms with Gasteiger partial charge in [-0.3, -0.25) is 14.3 Å². The first kappa shape index (κ1) is 27.7. The van der Waals surface area contributed by atoms with Crippen LogP contribution in [0, 0.1) is 6.92 Å². The maximum absolute atomic E-state index is 13.5. The van der Waals surface area contributed by atoms with Crippen molar-refractivity contribution in [2.24, 2.45) is 0 Å². The molecule has 0 saturated carbocycles. The van der Waals surface area contributed by atoms with Crippen molar-refractivity contribution in [3.8, 4) is 22.4 Å². The molecule has 4 heterocycles. The molecule has 1 aliphatic rings. The van der Waals surface area contributed by atoms with E-state index in [4.69, 9.17) is 21.3 Å². The first-order chi connectivity index (χ1) is 18.2. The summed E-state index contributed by atoms with van der Waals surface area (Å²) in [6.07, 6.45) is 6.90. The number of nitrogens with one attached hydrogen (secondary N) is 1. The van der Waals surface area contributed by atoms with Crippen molar-refractivity contribution in [2.45, 2.75) is 72.6 Å². The Bertz CT molecular complexity index is 1500. The quantitative estimate of drug-likeness (QED) is 0.321. The van der Waals surface area contributed by atoms with Gasteiger partial charge in [0.2, 0.25) is 5.95 Å². The lowest BCUT2D eigenvalue weighted by atomic mass is 9.94. The predicted molar refractivity (Wildman–Crippen MR) is 154 cm³/mol. The van der Waals surface area contributed by atoms with Crippen LogP contribution in [0.3, 0.4) is 0 Å². The van der Waals surface area contributed by atoms with Gasteiger partial charge < -0.3 is 10.1 Å². The minimum absolute atomic E-state index is 0.146. The zero-order valence-corrected chi connectivity index (χ0v) is 23.6. The fraction of sp³-hybridized carbons (Fsp3) is 0.414. The van der Waals surface area contributed by atoms with Crippen molar-refractivity contribution in [3.63, 3.8) is 0 Å². The fourth-order valence-corrected chi connectivity index (χ4v) is 5.03. The van der Waals surface area contributed by atoms with Crippen LogP contribution in [-0.2, 0) is 11.3 Å². The van der Waals surface area contributed by atoms with Crippen LogP contribution >= 0.6 is 11.6 Å². The molecule has 1 N–H and O–H groups in total. The molecule has 4 aromatic rings. The van der Waals surface area contributed by atoms with E-state index in [1.807, 2.05) is 52.0 Å². The number of hydrogen-bond donors (Lipinski definition) is 1. The molecule has 9 heteroatoms. The van der Waals surface area contributed by atoms with Gasteiger partial charge >= 0.3 is 0 Å². The summed E-state index contributed by atoms with van der Waals surface area (Å²) in [6.45, 7) is 13.2. The lowest BCUT2D eigenvalue weighted by molar-refractivity contribution is -0.0553. The summed E-state index contributed by atoms with van der Waals surface area (Å²) in [5, 5.41) is 4.67. The molecule has 0 aliphatic carbocycles. The first-order valence-electron chi connectivity index (χ1n) is 13.1. The molecule has 3 aromatic heterocycles. The van der Waals surface area contributed by atoms with Crippen LogP contribution < -0.4 is 10.9 Å². The van der Waals surface area contributed by atoms with Crippen molar-refractivity contribution in [1.82, 2.24) is 24.5 Å². The number of halogens is 1. The second-order valence-corrected chi connectivity index (χ2v) is 10.2. The van der Waals surface area contributed by atoms with Crippen LogP contribution in [0.5, 0.6) is 0 Å². The van der Waals surface area contributed by atoms with E-state index in [1.165, 1.54) is 0 Å². The standard InChI is InChI=1S/C27H29ClN6O2.C2H6/c1-5-34-24-18(14-30-26(33-24)32-19-8-9-36-27(3,4)12-19)10-21(25(34)35)20-7-6-17(11-22(20)28)23-15-29-13-16(2)31-23;1-2/h6-7,10-11,13-15,19H,5,8-9,12H2,1-4H3,(H,30,32,33);1-2H3. The number of aromatic nitrogens is 5. The Hall–Kier alpha value is -3.36. The highest BCUT2D eigenvalue weighted by Gasteiger charge is 2.29. The van der Waals surface area contributed by atoms with Gasteiger partial charge in [0.15, 0.2) is 0 Å². The predicted octanol–water partition coefficient (Wildman–Crippen LogP) is 6.29. The van der Waals surface area contributed by atoms with E-state index in [9.17, 15) is 4.79 Å². The first-order valence-corrected chi connectivity index (χ1v) is 13.5. The van der Waals surface area contributed by atoms with E-state index in [0.717, 1.165) is 35.2 Å². The van der Waals surface area contributed by atoms with Gasteiger partial charge in [0, 0.05) is 58.7 Å². The number of benzene rings is 1. The third-order valence-corrected chi connectivity index (χ3v) is 6.80. The van der Waals surface area contributed by atoms with Gasteiger partial charge in [0.25, 0.3) is 5.56 Å². The molecule has 1 unspecified atom stereocenters. The molecular formula is C29H35ClN6O2. The van der Waals surface area contributed by atoms with Crippen molar-refractivity contribution in [3.05, 3.63) is 63.9 Å². The highest BCUT2D eigenvalue weighted by atomic mass is 35.5. The molecular weight excluding hydrogens is 500 g/mol. The summed E-state index contributed by atoms with van der Waals surface area (Å²) in [7, 11) is 0. The molecule has 1 atom stereocenters. The average molecular weight is 535 g/mol. The monoisotopic (exact) mass is 534 g/mol. The molecule has 0 amide bonds. The molecule has 0 spiro atoms. The van der Waals surface area contributed by atoms with Gasteiger partial charge in [0.1, 0.15) is 5.65 Å². The van der Waals surface area contributed by atoms with Gasteiger partial charge in [-0.15, -0.1) is 0 Å². The van der Waals surface area contributed by atoms with Crippen molar-refractivity contribution in [2.75, 3.05) is 11.9 Å². The largest absolute Gasteiger partial charge is 0.375 e. The van der Waals surface area contributed by atoms with Gasteiger partial charge in [-0.2, -0.15) is 4.98 Å². The Morgan fingerprint density at radius 2 is 1.92 bits per heavy atom. The Balaban J connectivity index is 0.00000164. The topological polar surface area (TPSA) is 94.8 Å². The van der Waals surface area contributed by atoms with Crippen LogP contribution in [-0.4, -0.2) is 42.8 Å². The summed E-state index contributed by atoms with van der Waals surface area (Å²) < 4.78 is 7.48. The molecule has 0 bridgehead atoms. The van der Waals surface area contributed by atoms with E-state index in [2.05, 4.69) is 34.1 Å². The van der Waals surface area contributed by atoms with Crippen LogP contribution in [0.15, 0.2) is 47.7 Å². The van der Waals surface area contributed by atoms with E-state index in [-0.39, 0.29) is 17.2 Å². The Labute approximate surface area is 228 Å². The SMILES string of the molecule is CC.CCn1c(=O)c(-c2ccc(-c3cncc(C)n3)cc2Cl)cc2cnc(NC3CCOC(C)(C)C3)nc21. The maximum Gasteiger partial charge on any atom is 0.260 e. The van der Waals surface area contributed by atoms with Crippen LogP contribution in [0.2, 0.25) is 5.02 Å². The van der Waals surface area contributed by atoms with Gasteiger partial charge in [-0.25, -0.2) is 9.97 Å². The third kappa shape index (κ3) is 5.87. The molecule has 1 saturated heterocycles. The molecule has 8 nitrogen and oxygen atoms in total. The number of rotatable bonds is 5. The molecule has 1 fully saturated rings. The molecule has 0 radical (unpaired) electrons. The van der Waals surface area contributed by atoms with Crippen molar-refractivity contribution in [1.29, 1.82) is 0 Å². The molecule has 5 rings (SSSR count). The number of fused-ring (bicyclic) bond motifs is 1. The normalized spacial score (nSPS) is 16.6. The summed E-state index contributed by atoms with van der Waals surface area (Å²) in [5.41, 5.74) is 3.82. The molecule has 1 aliphatic heterocycles. The van der Waals surface area contributed by atoms with E-state index < -0.39 is 0 Å². The van der Waals surface area contributed by atoms with Crippen molar-refractivity contribution < 1.29 is 4.74 Å². The second kappa shape index (κ2) is 11.6. The van der Waals surface area contributed by atoms with Gasteiger partial charge in [-0.1, -0.05) is 37.6 Å². The second-order valence-electron chi connectivity index (χ2n) is 9.76. The van der Waals surface area contributed by atoms with Crippen LogP contribution in [0.25, 0.3) is 33.4 Å². The number of nitrogens with zero attached hydrogens (tertiary/aromatic N) is 5. The summed E-state index contributed by atoms with van der Waals surface area (Å²) in [6, 6.07) is 7.61. The Kier molecular flexibility index (Phi) is 8.43. The van der Waals surface area contributed by atoms with E-state index in [0.29, 0.717) is 40.9 Å². The summed E-state index contributed by atoms with van der Waals surface area (Å²) in [4.78, 5) is 31.5. The number of aryl methyl sites for hydroxylation is 2. The molecule has 1 aromatic carbocycles. The third-order valence-electron chi connectivity index (χ3n) is 6.48. The number of anilines is 1. The fourth-order valence-electron chi connectivity index (χ4n) is 4.75. The lowest BCUT2D eigenvalue weighted by Gasteiger charge is -2.35. The highest BCUT2D eigenvalue weighted by molar-refractivity contribution is 6.33. The molecule has 200 valence electrons. The van der Waals surface area contributed by atoms with Gasteiger partial charge in [-0.05, 0) is 52.7 Å². The zero-order chi connectivity index (χ0) is 27.4. The van der Waals surface area contributed by atoms with E-state index in [1.54, 1.807) is 23.2 Å². The molecule has 38 heavy (non-hydrogen) atoms. The minimum Gasteiger partial charge on any atom is -0.375 e. The lowest BCUT2D eigenvalue weighted by Crippen LogP contribution is -2.40. The summed E-state index contributed by atoms with van der Waals surface area (Å²) >= 11 is 6.68.